The number of ether oxygens (including phenoxy) is 11. The molecule has 0 bridgehead atoms. The zero-order chi connectivity index (χ0) is 100. The minimum Gasteiger partial charge on any atom is -0.504 e. The van der Waals surface area contributed by atoms with Crippen molar-refractivity contribution in [1.29, 1.82) is 0 Å². The maximum atomic E-state index is 12.5. The molecule has 0 saturated carbocycles. The number of nitrogens with one attached hydrogen (secondary N) is 3. The summed E-state index contributed by atoms with van der Waals surface area (Å²) in [6.07, 6.45) is -5.22. The van der Waals surface area contributed by atoms with E-state index in [4.69, 9.17) is 47.4 Å². The van der Waals surface area contributed by atoms with Crippen LogP contribution in [0.15, 0.2) is 109 Å². The summed E-state index contributed by atoms with van der Waals surface area (Å²) in [5.41, 5.74) is -3.08. The number of hydrogen-bond acceptors (Lipinski definition) is 45. The van der Waals surface area contributed by atoms with Crippen molar-refractivity contribution in [1.82, 2.24) is 20.9 Å². The van der Waals surface area contributed by atoms with Gasteiger partial charge in [-0.25, -0.2) is 52.7 Å². The predicted molar refractivity (Wildman–Crippen MR) is 450 cm³/mol. The first kappa shape index (κ1) is 106. The SMILES string of the molecule is CC(C)(C)COC(=O)NCC(COC(=O)c1cc(O)c(O)c(O)c1)OC(=O)c1cc(O)c(O)c(O)c1.CC(C)(C)OC(=O)NCC(COC(=O)c1ccc(O)c(O)c1)OC(=O)c1ccc(O)c(O)c1.CCOC(=O)NCC(COC(=O)c1cc(O)c(O)c(O)c1)OC(=O)c1cc(O)c(O)c(O)c1.O=C(OCC(CN1CCCC1)OC(=O)c1cc(O)c(O)c(O)c1)c1cc(O)c(O)c(O)c1. The number of carbonyl (C=O) groups excluding carboxylic acids is 11. The number of esters is 8. The number of amides is 3. The number of hydrogen-bond donors (Lipinski definition) is 25. The normalized spacial score (nSPS) is 12.4. The Balaban J connectivity index is 0.000000275. The Bertz CT molecular complexity index is 5440. The third kappa shape index (κ3) is 32.9. The molecular formula is C86H96N4O44. The molecule has 48 nitrogen and oxygen atoms in total. The Labute approximate surface area is 757 Å². The fraction of sp³-hybridized carbons (Fsp3) is 0.314. The van der Waals surface area contributed by atoms with Crippen molar-refractivity contribution in [2.45, 2.75) is 91.3 Å². The lowest BCUT2D eigenvalue weighted by Crippen LogP contribution is -2.40. The quantitative estimate of drug-likeness (QED) is 0.0123. The molecule has 1 heterocycles. The van der Waals surface area contributed by atoms with Crippen molar-refractivity contribution in [3.05, 3.63) is 154 Å². The van der Waals surface area contributed by atoms with E-state index in [1.807, 2.05) is 25.7 Å². The van der Waals surface area contributed by atoms with Crippen LogP contribution in [0.2, 0.25) is 0 Å². The summed E-state index contributed by atoms with van der Waals surface area (Å²) in [4.78, 5) is 136. The molecule has 8 aromatic rings. The Morgan fingerprint density at radius 1 is 0.291 bits per heavy atom. The van der Waals surface area contributed by atoms with Gasteiger partial charge < -0.3 is 180 Å². The van der Waals surface area contributed by atoms with Crippen molar-refractivity contribution < 1.29 is 217 Å². The van der Waals surface area contributed by atoms with Gasteiger partial charge in [-0.05, 0) is 168 Å². The van der Waals surface area contributed by atoms with Crippen LogP contribution in [0.1, 0.15) is 144 Å². The van der Waals surface area contributed by atoms with Crippen LogP contribution in [-0.4, -0.2) is 292 Å². The van der Waals surface area contributed by atoms with Crippen LogP contribution in [0.3, 0.4) is 0 Å². The minimum atomic E-state index is -1.30. The standard InChI is InChI=1S/C23H27NO12.C22H25NO10.C21H23NO10.C20H21NO12/c1-23(2,3)10-35-22(33)24-8-13(36-21(32)12-6-16(27)19(30)17(28)7-12)9-34-20(31)11-4-14(25)18(29)15(26)5-11;1-22(2,3)33-21(30)23-10-14(32-20(29)13-5-7-16(25)18(27)9-13)11-31-19(28)12-4-6-15(24)17(26)8-12;23-14-5-11(6-15(24)18(14)27)20(29)31-10-13(9-22-3-1-2-4-22)32-21(30)12-7-16(25)19(28)17(26)8-12;1-2-31-20(30)21-7-11(33-19(29)10-5-14(24)17(27)15(25)6-10)8-32-18(28)9-3-12(22)16(26)13(23)4-9/h4-7,13,25-30H,8-10H2,1-3H3,(H,24,33);4-9,14,24-27H,10-11H2,1-3H3,(H,23,30);5-8,13,23-28H,1-4,9-10H2;3-6,11,22-27H,2,7-8H2,1H3,(H,21,30). The number of likely N-dealkylation sites (tertiary alicyclic amines) is 1. The molecule has 3 amide bonds. The van der Waals surface area contributed by atoms with Gasteiger partial charge in [0.05, 0.1) is 77.4 Å². The first-order valence-corrected chi connectivity index (χ1v) is 39.3. The number of aromatic hydroxyl groups is 22. The van der Waals surface area contributed by atoms with Crippen LogP contribution in [0.25, 0.3) is 0 Å². The molecule has 9 rings (SSSR count). The van der Waals surface area contributed by atoms with Crippen LogP contribution >= 0.6 is 0 Å². The highest BCUT2D eigenvalue weighted by atomic mass is 16.6. The number of carbonyl (C=O) groups is 11. The number of rotatable bonds is 30. The van der Waals surface area contributed by atoms with Gasteiger partial charge in [-0.2, -0.15) is 0 Å². The Kier molecular flexibility index (Phi) is 37.7. The summed E-state index contributed by atoms with van der Waals surface area (Å²) in [5.74, 6) is -23.9. The molecule has 0 radical (unpaired) electrons. The van der Waals surface area contributed by atoms with E-state index < -0.39 is 242 Å². The van der Waals surface area contributed by atoms with Gasteiger partial charge in [-0.1, -0.05) is 20.8 Å². The largest absolute Gasteiger partial charge is 0.504 e. The molecule has 1 aliphatic rings. The molecule has 48 heteroatoms. The summed E-state index contributed by atoms with van der Waals surface area (Å²) < 4.78 is 56.2. The zero-order valence-electron chi connectivity index (χ0n) is 71.9. The average molecular weight is 1890 g/mol. The smallest absolute Gasteiger partial charge is 0.407 e. The molecule has 8 aromatic carbocycles. The van der Waals surface area contributed by atoms with E-state index in [2.05, 4.69) is 20.7 Å². The van der Waals surface area contributed by atoms with Crippen LogP contribution in [0.4, 0.5) is 14.4 Å². The van der Waals surface area contributed by atoms with Crippen molar-refractivity contribution in [2.75, 3.05) is 78.9 Å². The molecule has 0 spiro atoms. The maximum Gasteiger partial charge on any atom is 0.407 e. The number of benzene rings is 8. The third-order valence-electron chi connectivity index (χ3n) is 17.3. The lowest BCUT2D eigenvalue weighted by Gasteiger charge is -2.23. The minimum absolute atomic E-state index is 0.0607. The van der Waals surface area contributed by atoms with Gasteiger partial charge in [0.1, 0.15) is 38.1 Å². The second kappa shape index (κ2) is 47.8. The first-order valence-electron chi connectivity index (χ1n) is 39.3. The fourth-order valence-corrected chi connectivity index (χ4v) is 10.7. The van der Waals surface area contributed by atoms with Gasteiger partial charge in [-0.3, -0.25) is 4.90 Å². The summed E-state index contributed by atoms with van der Waals surface area (Å²) in [6.45, 7) is 10.9. The van der Waals surface area contributed by atoms with E-state index in [1.54, 1.807) is 27.7 Å². The lowest BCUT2D eigenvalue weighted by atomic mass is 9.99. The Morgan fingerprint density at radius 3 is 0.791 bits per heavy atom. The number of nitrogens with zero attached hydrogens (tertiary/aromatic N) is 1. The molecule has 0 aromatic heterocycles. The average Bonchev–Trinajstić information content (AvgIpc) is 0.988. The fourth-order valence-electron chi connectivity index (χ4n) is 10.7. The molecule has 724 valence electrons. The zero-order valence-corrected chi connectivity index (χ0v) is 71.9. The predicted octanol–water partition coefficient (Wildman–Crippen LogP) is 6.94. The monoisotopic (exact) mass is 1890 g/mol. The van der Waals surface area contributed by atoms with Crippen molar-refractivity contribution >= 4 is 66.0 Å². The first-order chi connectivity index (χ1) is 62.7. The highest BCUT2D eigenvalue weighted by molar-refractivity contribution is 5.96. The van der Waals surface area contributed by atoms with Gasteiger partial charge >= 0.3 is 66.0 Å². The Morgan fingerprint density at radius 2 is 0.522 bits per heavy atom. The lowest BCUT2D eigenvalue weighted by molar-refractivity contribution is -0.00879. The molecule has 25 N–H and O–H groups in total. The third-order valence-corrected chi connectivity index (χ3v) is 17.3. The summed E-state index contributed by atoms with van der Waals surface area (Å²) in [7, 11) is 0. The highest BCUT2D eigenvalue weighted by Gasteiger charge is 2.31. The number of alkyl carbamates (subject to hydrolysis) is 3. The molecule has 1 fully saturated rings. The van der Waals surface area contributed by atoms with E-state index in [0.717, 1.165) is 123 Å². The molecule has 134 heavy (non-hydrogen) atoms. The molecule has 4 atom stereocenters. The van der Waals surface area contributed by atoms with Gasteiger partial charge in [-0.15, -0.1) is 0 Å². The van der Waals surface area contributed by atoms with Crippen LogP contribution in [-0.2, 0) is 52.1 Å². The highest BCUT2D eigenvalue weighted by Crippen LogP contribution is 2.42. The van der Waals surface area contributed by atoms with E-state index in [1.165, 1.54) is 12.1 Å². The molecule has 1 aliphatic heterocycles. The number of phenolic OH excluding ortho intramolecular Hbond substituents is 22. The topological polar surface area (TPSA) is 774 Å². The van der Waals surface area contributed by atoms with Crippen LogP contribution in [0.5, 0.6) is 126 Å². The van der Waals surface area contributed by atoms with E-state index in [9.17, 15) is 165 Å². The molecule has 1 saturated heterocycles. The van der Waals surface area contributed by atoms with Crippen LogP contribution < -0.4 is 16.0 Å². The maximum absolute atomic E-state index is 12.5. The molecule has 0 aliphatic carbocycles. The second-order valence-corrected chi connectivity index (χ2v) is 30.6. The van der Waals surface area contributed by atoms with E-state index >= 15 is 0 Å². The summed E-state index contributed by atoms with van der Waals surface area (Å²) >= 11 is 0. The summed E-state index contributed by atoms with van der Waals surface area (Å²) in [5, 5.41) is 216. The van der Waals surface area contributed by atoms with Crippen molar-refractivity contribution in [2.24, 2.45) is 5.41 Å². The van der Waals surface area contributed by atoms with Gasteiger partial charge in [0.2, 0.25) is 0 Å². The van der Waals surface area contributed by atoms with Gasteiger partial charge in [0, 0.05) is 6.54 Å². The molecule has 4 unspecified atom stereocenters. The number of phenols is 22. The molecular weight excluding hydrogens is 1790 g/mol. The van der Waals surface area contributed by atoms with Gasteiger partial charge in [0.25, 0.3) is 0 Å². The van der Waals surface area contributed by atoms with E-state index in [0.29, 0.717) is 0 Å². The van der Waals surface area contributed by atoms with Crippen molar-refractivity contribution in [3.8, 4) is 126 Å². The van der Waals surface area contributed by atoms with Gasteiger partial charge in [0.15, 0.2) is 145 Å². The Hall–Kier alpha value is -17.1. The second-order valence-electron chi connectivity index (χ2n) is 30.6. The van der Waals surface area contributed by atoms with Crippen LogP contribution in [0, 0.1) is 5.41 Å². The van der Waals surface area contributed by atoms with E-state index in [-0.39, 0.29) is 95.9 Å². The summed E-state index contributed by atoms with van der Waals surface area (Å²) in [6, 6.07) is 16.9. The van der Waals surface area contributed by atoms with Crippen molar-refractivity contribution in [3.63, 3.8) is 0 Å².